The largest absolute Gasteiger partial charge is 0.417 e. The molecule has 0 fully saturated rings. The first kappa shape index (κ1) is 16.2. The molecule has 1 aromatic heterocycles. The summed E-state index contributed by atoms with van der Waals surface area (Å²) in [5, 5.41) is 7.57. The molecule has 0 saturated carbocycles. The Hall–Kier alpha value is -1.67. The molecule has 118 valence electrons. The first-order chi connectivity index (χ1) is 10.8. The average molecular weight is 448 g/mol. The molecule has 0 atom stereocenters. The van der Waals surface area contributed by atoms with Crippen molar-refractivity contribution in [2.24, 2.45) is 0 Å². The molecule has 3 nitrogen and oxygen atoms in total. The van der Waals surface area contributed by atoms with Crippen LogP contribution in [0.3, 0.4) is 0 Å². The van der Waals surface area contributed by atoms with Gasteiger partial charge in [-0.2, -0.15) is 13.2 Å². The summed E-state index contributed by atoms with van der Waals surface area (Å²) in [4.78, 5) is 0. The molecular weight excluding hydrogens is 441 g/mol. The van der Waals surface area contributed by atoms with E-state index in [1.807, 2.05) is 0 Å². The molecular formula is C15H7Br2F3N2O. The van der Waals surface area contributed by atoms with Crippen LogP contribution in [0.1, 0.15) is 5.56 Å². The molecule has 0 unspecified atom stereocenters. The van der Waals surface area contributed by atoms with E-state index in [1.54, 1.807) is 24.3 Å². The number of nitrogens with zero attached hydrogens (tertiary/aromatic N) is 2. The summed E-state index contributed by atoms with van der Waals surface area (Å²) in [5.41, 5.74) is -0.368. The number of hydrogen-bond donors (Lipinski definition) is 0. The maximum absolute atomic E-state index is 13.2. The number of rotatable bonds is 2. The summed E-state index contributed by atoms with van der Waals surface area (Å²) in [7, 11) is 0. The van der Waals surface area contributed by atoms with Gasteiger partial charge in [-0.1, -0.05) is 31.9 Å². The fraction of sp³-hybridized carbons (Fsp3) is 0.0667. The maximum atomic E-state index is 13.2. The predicted molar refractivity (Wildman–Crippen MR) is 85.6 cm³/mol. The Morgan fingerprint density at radius 2 is 1.43 bits per heavy atom. The molecule has 3 rings (SSSR count). The van der Waals surface area contributed by atoms with Crippen molar-refractivity contribution < 1.29 is 17.6 Å². The van der Waals surface area contributed by atoms with Crippen LogP contribution in [0.15, 0.2) is 55.8 Å². The second kappa shape index (κ2) is 6.09. The number of aromatic nitrogens is 2. The molecule has 0 bridgehead atoms. The van der Waals surface area contributed by atoms with Gasteiger partial charge in [0, 0.05) is 14.5 Å². The van der Waals surface area contributed by atoms with Gasteiger partial charge in [0.05, 0.1) is 11.1 Å². The zero-order chi connectivity index (χ0) is 16.6. The molecule has 0 aliphatic rings. The Balaban J connectivity index is 2.06. The van der Waals surface area contributed by atoms with Crippen molar-refractivity contribution >= 4 is 31.9 Å². The van der Waals surface area contributed by atoms with Crippen molar-refractivity contribution in [2.75, 3.05) is 0 Å². The van der Waals surface area contributed by atoms with Crippen LogP contribution in [-0.4, -0.2) is 10.2 Å². The van der Waals surface area contributed by atoms with E-state index in [9.17, 15) is 13.2 Å². The molecule has 0 aliphatic heterocycles. The molecule has 8 heteroatoms. The van der Waals surface area contributed by atoms with Gasteiger partial charge in [-0.05, 0) is 42.5 Å². The summed E-state index contributed by atoms with van der Waals surface area (Å²) >= 11 is 6.34. The zero-order valence-corrected chi connectivity index (χ0v) is 14.4. The summed E-state index contributed by atoms with van der Waals surface area (Å²) in [6.45, 7) is 0. The van der Waals surface area contributed by atoms with Gasteiger partial charge < -0.3 is 4.42 Å². The van der Waals surface area contributed by atoms with E-state index in [0.717, 1.165) is 10.5 Å². The van der Waals surface area contributed by atoms with Crippen LogP contribution >= 0.6 is 31.9 Å². The molecule has 0 spiro atoms. The average Bonchev–Trinajstić information content (AvgIpc) is 2.96. The van der Waals surface area contributed by atoms with Gasteiger partial charge >= 0.3 is 6.18 Å². The molecule has 0 radical (unpaired) electrons. The Morgan fingerprint density at radius 1 is 0.826 bits per heavy atom. The fourth-order valence-corrected chi connectivity index (χ4v) is 2.60. The highest BCUT2D eigenvalue weighted by molar-refractivity contribution is 9.10. The highest BCUT2D eigenvalue weighted by Gasteiger charge is 2.35. The molecule has 0 aliphatic carbocycles. The van der Waals surface area contributed by atoms with E-state index in [2.05, 4.69) is 42.1 Å². The van der Waals surface area contributed by atoms with Gasteiger partial charge in [0.1, 0.15) is 0 Å². The second-order valence-corrected chi connectivity index (χ2v) is 6.44. The Labute approximate surface area is 145 Å². The molecule has 0 amide bonds. The van der Waals surface area contributed by atoms with Gasteiger partial charge in [-0.15, -0.1) is 10.2 Å². The Kier molecular flexibility index (Phi) is 4.29. The van der Waals surface area contributed by atoms with Gasteiger partial charge in [-0.3, -0.25) is 0 Å². The molecule has 0 N–H and O–H groups in total. The smallest absolute Gasteiger partial charge is 0.416 e. The van der Waals surface area contributed by atoms with Crippen LogP contribution in [0.5, 0.6) is 0 Å². The lowest BCUT2D eigenvalue weighted by Gasteiger charge is -2.10. The van der Waals surface area contributed by atoms with Crippen molar-refractivity contribution in [3.05, 3.63) is 57.0 Å². The van der Waals surface area contributed by atoms with Crippen LogP contribution in [0.4, 0.5) is 13.2 Å². The molecule has 2 aromatic carbocycles. The van der Waals surface area contributed by atoms with Gasteiger partial charge in [0.2, 0.25) is 11.8 Å². The lowest BCUT2D eigenvalue weighted by atomic mass is 10.1. The monoisotopic (exact) mass is 446 g/mol. The highest BCUT2D eigenvalue weighted by atomic mass is 79.9. The Bertz CT molecular complexity index is 845. The lowest BCUT2D eigenvalue weighted by Crippen LogP contribution is -2.07. The summed E-state index contributed by atoms with van der Waals surface area (Å²) in [6, 6.07) is 10.8. The third kappa shape index (κ3) is 3.48. The van der Waals surface area contributed by atoms with E-state index >= 15 is 0 Å². The van der Waals surface area contributed by atoms with E-state index in [0.29, 0.717) is 10.0 Å². The summed E-state index contributed by atoms with van der Waals surface area (Å²) in [6.07, 6.45) is -4.52. The van der Waals surface area contributed by atoms with Gasteiger partial charge in [0.25, 0.3) is 0 Å². The number of halogens is 5. The van der Waals surface area contributed by atoms with E-state index in [-0.39, 0.29) is 17.3 Å². The molecule has 23 heavy (non-hydrogen) atoms. The number of hydrogen-bond acceptors (Lipinski definition) is 3. The fourth-order valence-electron chi connectivity index (χ4n) is 1.98. The summed E-state index contributed by atoms with van der Waals surface area (Å²) in [5.74, 6) is -0.0220. The normalized spacial score (nSPS) is 11.7. The molecule has 3 aromatic rings. The third-order valence-electron chi connectivity index (χ3n) is 3.03. The zero-order valence-electron chi connectivity index (χ0n) is 11.2. The summed E-state index contributed by atoms with van der Waals surface area (Å²) < 4.78 is 46.1. The number of benzene rings is 2. The van der Waals surface area contributed by atoms with Crippen molar-refractivity contribution in [1.29, 1.82) is 0 Å². The van der Waals surface area contributed by atoms with Crippen molar-refractivity contribution in [1.82, 2.24) is 10.2 Å². The molecule has 1 heterocycles. The second-order valence-electron chi connectivity index (χ2n) is 4.61. The van der Waals surface area contributed by atoms with Crippen molar-refractivity contribution in [3.63, 3.8) is 0 Å². The maximum Gasteiger partial charge on any atom is 0.417 e. The molecule has 0 saturated heterocycles. The van der Waals surface area contributed by atoms with E-state index in [1.165, 1.54) is 12.1 Å². The third-order valence-corrected chi connectivity index (χ3v) is 4.06. The topological polar surface area (TPSA) is 38.9 Å². The lowest BCUT2D eigenvalue weighted by molar-refractivity contribution is -0.137. The first-order valence-electron chi connectivity index (χ1n) is 6.31. The van der Waals surface area contributed by atoms with E-state index in [4.69, 9.17) is 4.42 Å². The van der Waals surface area contributed by atoms with Crippen molar-refractivity contribution in [2.45, 2.75) is 6.18 Å². The first-order valence-corrected chi connectivity index (χ1v) is 7.90. The van der Waals surface area contributed by atoms with Gasteiger partial charge in [-0.25, -0.2) is 0 Å². The standard InChI is InChI=1S/C15H7Br2F3N2O/c16-9-3-1-8(2-4-9)13-21-22-14(23-13)11-6-5-10(17)7-12(11)15(18,19)20/h1-7H. The Morgan fingerprint density at radius 3 is 2.09 bits per heavy atom. The van der Waals surface area contributed by atoms with E-state index < -0.39 is 11.7 Å². The van der Waals surface area contributed by atoms with Crippen LogP contribution < -0.4 is 0 Å². The predicted octanol–water partition coefficient (Wildman–Crippen LogP) is 5.95. The minimum absolute atomic E-state index is 0.156. The van der Waals surface area contributed by atoms with Crippen LogP contribution in [0.2, 0.25) is 0 Å². The van der Waals surface area contributed by atoms with Crippen LogP contribution in [0, 0.1) is 0 Å². The highest BCUT2D eigenvalue weighted by Crippen LogP contribution is 2.38. The minimum Gasteiger partial charge on any atom is -0.416 e. The van der Waals surface area contributed by atoms with Crippen molar-refractivity contribution in [3.8, 4) is 22.9 Å². The quantitative estimate of drug-likeness (QED) is 0.487. The number of alkyl halides is 3. The minimum atomic E-state index is -4.52. The van der Waals surface area contributed by atoms with Crippen LogP contribution in [-0.2, 0) is 6.18 Å². The van der Waals surface area contributed by atoms with Crippen LogP contribution in [0.25, 0.3) is 22.9 Å². The SMILES string of the molecule is FC(F)(F)c1cc(Br)ccc1-c1nnc(-c2ccc(Br)cc2)o1. The van der Waals surface area contributed by atoms with Gasteiger partial charge in [0.15, 0.2) is 0 Å².